The Morgan fingerprint density at radius 3 is 2.69 bits per heavy atom. The Bertz CT molecular complexity index is 342. The van der Waals surface area contributed by atoms with Crippen LogP contribution < -0.4 is 5.32 Å². The second kappa shape index (κ2) is 6.18. The number of nitrogens with zero attached hydrogens (tertiary/aromatic N) is 1. The number of rotatable bonds is 5. The summed E-state index contributed by atoms with van der Waals surface area (Å²) in [7, 11) is 4.05. The molecular weight excluding hydrogens is 227 g/mol. The first-order valence-corrected chi connectivity index (χ1v) is 5.69. The van der Waals surface area contributed by atoms with Crippen LogP contribution in [0.15, 0.2) is 18.2 Å². The fourth-order valence-corrected chi connectivity index (χ4v) is 1.42. The molecule has 0 aliphatic heterocycles. The molecule has 0 heterocycles. The van der Waals surface area contributed by atoms with Crippen LogP contribution in [0.1, 0.15) is 12.5 Å². The van der Waals surface area contributed by atoms with Gasteiger partial charge in [-0.25, -0.2) is 4.39 Å². The molecule has 1 N–H and O–H groups in total. The summed E-state index contributed by atoms with van der Waals surface area (Å²) in [6, 6.07) is 5.19. The molecule has 4 heteroatoms. The third kappa shape index (κ3) is 4.08. The van der Waals surface area contributed by atoms with E-state index in [1.54, 1.807) is 12.1 Å². The SMILES string of the molecule is CC(CNCc1ccc(Cl)cc1F)N(C)C. The molecule has 1 aromatic carbocycles. The van der Waals surface area contributed by atoms with E-state index in [1.165, 1.54) is 6.07 Å². The largest absolute Gasteiger partial charge is 0.311 e. The van der Waals surface area contributed by atoms with Crippen molar-refractivity contribution in [3.05, 3.63) is 34.6 Å². The standard InChI is InChI=1S/C12H18ClFN2/c1-9(16(2)3)7-15-8-10-4-5-11(13)6-12(10)14/h4-6,9,15H,7-8H2,1-3H3. The summed E-state index contributed by atoms with van der Waals surface area (Å²) in [4.78, 5) is 2.12. The first kappa shape index (κ1) is 13.4. The molecule has 1 unspecified atom stereocenters. The van der Waals surface area contributed by atoms with Gasteiger partial charge in [0.1, 0.15) is 5.82 Å². The first-order chi connectivity index (χ1) is 7.50. The molecule has 2 nitrogen and oxygen atoms in total. The monoisotopic (exact) mass is 244 g/mol. The molecule has 16 heavy (non-hydrogen) atoms. The molecule has 1 rings (SSSR count). The molecule has 1 aromatic rings. The lowest BCUT2D eigenvalue weighted by Crippen LogP contribution is -2.35. The molecular formula is C12H18ClFN2. The quantitative estimate of drug-likeness (QED) is 0.856. The molecule has 0 saturated heterocycles. The van der Waals surface area contributed by atoms with Gasteiger partial charge in [-0.2, -0.15) is 0 Å². The lowest BCUT2D eigenvalue weighted by molar-refractivity contribution is 0.302. The highest BCUT2D eigenvalue weighted by molar-refractivity contribution is 6.30. The summed E-state index contributed by atoms with van der Waals surface area (Å²) < 4.78 is 13.4. The van der Waals surface area contributed by atoms with Crippen LogP contribution in [0.25, 0.3) is 0 Å². The van der Waals surface area contributed by atoms with Gasteiger partial charge in [0.05, 0.1) is 0 Å². The van der Waals surface area contributed by atoms with Crippen LogP contribution in [-0.4, -0.2) is 31.6 Å². The van der Waals surface area contributed by atoms with Gasteiger partial charge >= 0.3 is 0 Å². The third-order valence-corrected chi connectivity index (χ3v) is 2.89. The van der Waals surface area contributed by atoms with Gasteiger partial charge in [-0.1, -0.05) is 17.7 Å². The lowest BCUT2D eigenvalue weighted by atomic mass is 10.2. The predicted octanol–water partition coefficient (Wildman–Crippen LogP) is 2.52. The van der Waals surface area contributed by atoms with E-state index >= 15 is 0 Å². The summed E-state index contributed by atoms with van der Waals surface area (Å²) in [6.45, 7) is 3.47. The molecule has 0 bridgehead atoms. The average Bonchev–Trinajstić information content (AvgIpc) is 2.20. The van der Waals surface area contributed by atoms with E-state index in [0.717, 1.165) is 6.54 Å². The third-order valence-electron chi connectivity index (χ3n) is 2.65. The number of halogens is 2. The van der Waals surface area contributed by atoms with E-state index in [-0.39, 0.29) is 5.82 Å². The molecule has 0 radical (unpaired) electrons. The van der Waals surface area contributed by atoms with Crippen molar-refractivity contribution in [1.82, 2.24) is 10.2 Å². The van der Waals surface area contributed by atoms with Crippen molar-refractivity contribution < 1.29 is 4.39 Å². The average molecular weight is 245 g/mol. The normalized spacial score (nSPS) is 13.1. The highest BCUT2D eigenvalue weighted by atomic mass is 35.5. The zero-order valence-corrected chi connectivity index (χ0v) is 10.7. The van der Waals surface area contributed by atoms with Crippen LogP contribution in [0.2, 0.25) is 5.02 Å². The van der Waals surface area contributed by atoms with Gasteiger partial charge in [0.2, 0.25) is 0 Å². The van der Waals surface area contributed by atoms with Crippen LogP contribution in [0.5, 0.6) is 0 Å². The van der Waals surface area contributed by atoms with Gasteiger partial charge in [0, 0.05) is 29.7 Å². The molecule has 0 aromatic heterocycles. The van der Waals surface area contributed by atoms with Crippen molar-refractivity contribution in [2.75, 3.05) is 20.6 Å². The Kier molecular flexibility index (Phi) is 5.19. The van der Waals surface area contributed by atoms with E-state index in [9.17, 15) is 4.39 Å². The molecule has 0 fully saturated rings. The molecule has 0 aliphatic rings. The van der Waals surface area contributed by atoms with Gasteiger partial charge < -0.3 is 10.2 Å². The summed E-state index contributed by atoms with van der Waals surface area (Å²) in [5.41, 5.74) is 0.648. The Hall–Kier alpha value is -0.640. The first-order valence-electron chi connectivity index (χ1n) is 5.31. The Morgan fingerprint density at radius 2 is 2.12 bits per heavy atom. The smallest absolute Gasteiger partial charge is 0.129 e. The maximum atomic E-state index is 13.4. The second-order valence-corrected chi connectivity index (χ2v) is 4.62. The second-order valence-electron chi connectivity index (χ2n) is 4.18. The Balaban J connectivity index is 2.43. The molecule has 0 amide bonds. The van der Waals surface area contributed by atoms with Gasteiger partial charge in [0.25, 0.3) is 0 Å². The number of hydrogen-bond acceptors (Lipinski definition) is 2. The van der Waals surface area contributed by atoms with E-state index in [4.69, 9.17) is 11.6 Å². The fraction of sp³-hybridized carbons (Fsp3) is 0.500. The zero-order valence-electron chi connectivity index (χ0n) is 9.93. The molecule has 0 aliphatic carbocycles. The van der Waals surface area contributed by atoms with Crippen molar-refractivity contribution in [3.63, 3.8) is 0 Å². The van der Waals surface area contributed by atoms with Gasteiger partial charge in [-0.3, -0.25) is 0 Å². The summed E-state index contributed by atoms with van der Waals surface area (Å²) in [6.07, 6.45) is 0. The van der Waals surface area contributed by atoms with Crippen LogP contribution in [0.3, 0.4) is 0 Å². The Labute approximate surface area is 101 Å². The van der Waals surface area contributed by atoms with Gasteiger partial charge in [0.15, 0.2) is 0 Å². The van der Waals surface area contributed by atoms with Gasteiger partial charge in [-0.15, -0.1) is 0 Å². The molecule has 0 saturated carbocycles. The topological polar surface area (TPSA) is 15.3 Å². The van der Waals surface area contributed by atoms with Crippen molar-refractivity contribution in [3.8, 4) is 0 Å². The Morgan fingerprint density at radius 1 is 1.44 bits per heavy atom. The highest BCUT2D eigenvalue weighted by Crippen LogP contribution is 2.14. The minimum Gasteiger partial charge on any atom is -0.311 e. The van der Waals surface area contributed by atoms with E-state index in [2.05, 4.69) is 17.1 Å². The van der Waals surface area contributed by atoms with E-state index in [1.807, 2.05) is 14.1 Å². The fourth-order valence-electron chi connectivity index (χ4n) is 1.26. The molecule has 1 atom stereocenters. The van der Waals surface area contributed by atoms with Crippen molar-refractivity contribution in [1.29, 1.82) is 0 Å². The van der Waals surface area contributed by atoms with E-state index in [0.29, 0.717) is 23.2 Å². The highest BCUT2D eigenvalue weighted by Gasteiger charge is 2.05. The minimum absolute atomic E-state index is 0.252. The number of benzene rings is 1. The van der Waals surface area contributed by atoms with Gasteiger partial charge in [-0.05, 0) is 33.2 Å². The summed E-state index contributed by atoms with van der Waals surface area (Å²) in [5, 5.41) is 3.65. The van der Waals surface area contributed by atoms with Crippen molar-refractivity contribution >= 4 is 11.6 Å². The number of nitrogens with one attached hydrogen (secondary N) is 1. The molecule has 90 valence electrons. The predicted molar refractivity (Wildman–Crippen MR) is 66.3 cm³/mol. The van der Waals surface area contributed by atoms with Crippen molar-refractivity contribution in [2.24, 2.45) is 0 Å². The van der Waals surface area contributed by atoms with Crippen molar-refractivity contribution in [2.45, 2.75) is 19.5 Å². The van der Waals surface area contributed by atoms with Crippen LogP contribution in [-0.2, 0) is 6.54 Å². The lowest BCUT2D eigenvalue weighted by Gasteiger charge is -2.20. The maximum absolute atomic E-state index is 13.4. The number of hydrogen-bond donors (Lipinski definition) is 1. The zero-order chi connectivity index (χ0) is 12.1. The summed E-state index contributed by atoms with van der Waals surface area (Å²) in [5.74, 6) is -0.252. The van der Waals surface area contributed by atoms with Crippen LogP contribution in [0.4, 0.5) is 4.39 Å². The van der Waals surface area contributed by atoms with Crippen LogP contribution in [0, 0.1) is 5.82 Å². The van der Waals surface area contributed by atoms with Crippen LogP contribution >= 0.6 is 11.6 Å². The molecule has 0 spiro atoms. The maximum Gasteiger partial charge on any atom is 0.129 e. The summed E-state index contributed by atoms with van der Waals surface area (Å²) >= 11 is 5.68. The minimum atomic E-state index is -0.252. The number of likely N-dealkylation sites (N-methyl/N-ethyl adjacent to an activating group) is 1. The van der Waals surface area contributed by atoms with E-state index < -0.39 is 0 Å².